The molecule has 2 aliphatic rings. The molecule has 54 heavy (non-hydrogen) atoms. The molecule has 4 aromatic carbocycles. The molecule has 0 amide bonds. The van der Waals surface area contributed by atoms with Crippen LogP contribution in [0.15, 0.2) is 111 Å². The van der Waals surface area contributed by atoms with Gasteiger partial charge < -0.3 is 18.9 Å². The molecule has 0 radical (unpaired) electrons. The highest BCUT2D eigenvalue weighted by Gasteiger charge is 2.49. The first-order valence-corrected chi connectivity index (χ1v) is 20.3. The first kappa shape index (κ1) is 34.8. The number of ether oxygens (including phenoxy) is 4. The quantitative estimate of drug-likeness (QED) is 0.203. The van der Waals surface area contributed by atoms with Gasteiger partial charge in [-0.3, -0.25) is 9.98 Å². The topological polar surface area (TPSA) is 166 Å². The Labute approximate surface area is 310 Å². The number of nitrogens with zero attached hydrogens (tertiary/aromatic N) is 6. The largest absolute Gasteiger partial charge is 0.613 e. The van der Waals surface area contributed by atoms with E-state index in [0.717, 1.165) is 23.6 Å². The predicted octanol–water partition coefficient (Wildman–Crippen LogP) is 6.15. The maximum absolute atomic E-state index is 12.7. The van der Waals surface area contributed by atoms with Crippen molar-refractivity contribution < 1.29 is 35.8 Å². The van der Waals surface area contributed by atoms with Crippen LogP contribution in [0.4, 0.5) is 11.4 Å². The molecule has 1 spiro atoms. The number of hydrogen-bond acceptors (Lipinski definition) is 12. The number of benzene rings is 4. The van der Waals surface area contributed by atoms with Crippen molar-refractivity contribution in [2.45, 2.75) is 36.7 Å². The monoisotopic (exact) mass is 764 g/mol. The van der Waals surface area contributed by atoms with Gasteiger partial charge in [-0.25, -0.2) is 16.8 Å². The van der Waals surface area contributed by atoms with Gasteiger partial charge in [0, 0.05) is 24.9 Å². The zero-order chi connectivity index (χ0) is 38.0. The Morgan fingerprint density at radius 2 is 1.13 bits per heavy atom. The van der Waals surface area contributed by atoms with Gasteiger partial charge in [0.1, 0.15) is 11.4 Å². The molecule has 8 rings (SSSR count). The Hall–Kier alpha value is -6.26. The third-order valence-corrected chi connectivity index (χ3v) is 11.0. The van der Waals surface area contributed by atoms with Crippen molar-refractivity contribution in [2.75, 3.05) is 12.5 Å². The van der Waals surface area contributed by atoms with E-state index in [2.05, 4.69) is 15.1 Å². The maximum atomic E-state index is 12.7. The SMILES string of the molecule is Cc1ccccc1-n1ncc2c1OC1(Oc3ccc(S(C)(=O)=O)cc3N=C2)Oc2ccc(S(C)(=O)=O)cc2N=Cc2c(C)nn(-c3ccccc3C)c2O1. The minimum absolute atomic E-state index is 0.00738. The number of para-hydroxylation sites is 2. The summed E-state index contributed by atoms with van der Waals surface area (Å²) in [6.07, 6.45) is 4.08. The van der Waals surface area contributed by atoms with E-state index in [-0.39, 0.29) is 44.4 Å². The summed E-state index contributed by atoms with van der Waals surface area (Å²) in [6.45, 7) is 5.61. The molecular weight excluding hydrogens is 733 g/mol. The average Bonchev–Trinajstić information content (AvgIpc) is 3.67. The van der Waals surface area contributed by atoms with Crippen molar-refractivity contribution in [3.8, 4) is 34.6 Å². The number of aromatic nitrogens is 4. The van der Waals surface area contributed by atoms with Crippen LogP contribution in [0, 0.1) is 20.8 Å². The summed E-state index contributed by atoms with van der Waals surface area (Å²) in [5.41, 5.74) is 4.53. The van der Waals surface area contributed by atoms with E-state index in [1.165, 1.54) is 59.7 Å². The molecule has 4 heterocycles. The van der Waals surface area contributed by atoms with Crippen LogP contribution >= 0.6 is 0 Å². The van der Waals surface area contributed by atoms with Crippen LogP contribution in [0.1, 0.15) is 27.9 Å². The van der Waals surface area contributed by atoms with Gasteiger partial charge in [0.15, 0.2) is 31.2 Å². The molecule has 1 atom stereocenters. The highest BCUT2D eigenvalue weighted by Crippen LogP contribution is 2.43. The molecule has 16 heteroatoms. The van der Waals surface area contributed by atoms with Gasteiger partial charge in [-0.1, -0.05) is 36.4 Å². The summed E-state index contributed by atoms with van der Waals surface area (Å²) < 4.78 is 80.9. The summed E-state index contributed by atoms with van der Waals surface area (Å²) in [4.78, 5) is 9.29. The minimum atomic E-state index is -3.67. The van der Waals surface area contributed by atoms with E-state index in [1.54, 1.807) is 11.6 Å². The third kappa shape index (κ3) is 6.28. The van der Waals surface area contributed by atoms with E-state index in [1.807, 2.05) is 62.4 Å². The van der Waals surface area contributed by atoms with Crippen LogP contribution in [0.3, 0.4) is 0 Å². The van der Waals surface area contributed by atoms with Crippen LogP contribution in [0.2, 0.25) is 0 Å². The van der Waals surface area contributed by atoms with Gasteiger partial charge in [0.2, 0.25) is 11.8 Å². The smallest absolute Gasteiger partial charge is 0.384 e. The molecule has 0 saturated carbocycles. The van der Waals surface area contributed by atoms with Crippen molar-refractivity contribution >= 4 is 43.5 Å². The predicted molar refractivity (Wildman–Crippen MR) is 200 cm³/mol. The number of aliphatic imine (C=N–C) groups is 2. The molecule has 274 valence electrons. The number of rotatable bonds is 4. The highest BCUT2D eigenvalue weighted by molar-refractivity contribution is 7.91. The Kier molecular flexibility index (Phi) is 8.19. The molecule has 0 fully saturated rings. The number of fused-ring (bicyclic) bond motifs is 4. The zero-order valence-corrected chi connectivity index (χ0v) is 31.2. The summed E-state index contributed by atoms with van der Waals surface area (Å²) in [6, 6.07) is 23.4. The summed E-state index contributed by atoms with van der Waals surface area (Å²) in [7, 11) is -7.33. The van der Waals surface area contributed by atoms with Gasteiger partial charge >= 0.3 is 6.16 Å². The first-order chi connectivity index (χ1) is 25.7. The first-order valence-electron chi connectivity index (χ1n) is 16.5. The zero-order valence-electron chi connectivity index (χ0n) is 29.6. The Balaban J connectivity index is 1.44. The third-order valence-electron chi connectivity index (χ3n) is 8.81. The van der Waals surface area contributed by atoms with Crippen molar-refractivity contribution in [1.82, 2.24) is 19.6 Å². The van der Waals surface area contributed by atoms with Crippen molar-refractivity contribution in [3.05, 3.63) is 119 Å². The second-order valence-electron chi connectivity index (χ2n) is 12.8. The minimum Gasteiger partial charge on any atom is -0.384 e. The Morgan fingerprint density at radius 1 is 0.611 bits per heavy atom. The van der Waals surface area contributed by atoms with Gasteiger partial charge in [-0.15, -0.1) is 0 Å². The molecule has 14 nitrogen and oxygen atoms in total. The fraction of sp³-hybridized carbons (Fsp3) is 0.158. The molecule has 0 saturated heterocycles. The Morgan fingerprint density at radius 3 is 1.69 bits per heavy atom. The fourth-order valence-corrected chi connectivity index (χ4v) is 7.26. The molecule has 2 aliphatic heterocycles. The number of aryl methyl sites for hydroxylation is 3. The van der Waals surface area contributed by atoms with Crippen molar-refractivity contribution in [1.29, 1.82) is 0 Å². The van der Waals surface area contributed by atoms with E-state index in [0.29, 0.717) is 28.2 Å². The lowest BCUT2D eigenvalue weighted by Crippen LogP contribution is -2.54. The molecule has 2 aromatic heterocycles. The molecule has 0 aliphatic carbocycles. The van der Waals surface area contributed by atoms with E-state index in [4.69, 9.17) is 24.0 Å². The van der Waals surface area contributed by atoms with Crippen LogP contribution in [-0.4, -0.2) is 67.5 Å². The molecular formula is C38H32N6O8S2. The normalized spacial score (nSPS) is 16.3. The fourth-order valence-electron chi connectivity index (χ4n) is 5.98. The van der Waals surface area contributed by atoms with Crippen molar-refractivity contribution in [3.63, 3.8) is 0 Å². The van der Waals surface area contributed by atoms with Crippen LogP contribution in [0.25, 0.3) is 11.4 Å². The lowest BCUT2D eigenvalue weighted by atomic mass is 10.2. The number of sulfone groups is 2. The van der Waals surface area contributed by atoms with Gasteiger partial charge in [0.05, 0.1) is 44.2 Å². The standard InChI is InChI=1S/C38H32N6O8S2/c1-23-10-6-8-12-32(23)43-36-26(21-41-43)20-39-30-18-27(53(4,45)46)14-16-34(30)49-38(51-36)50-35-17-15-28(54(5,47)48)19-31(35)40-22-29-25(3)42-44(37(29)52-38)33-13-9-7-11-24(33)2/h6-22H,1-5H3. The lowest BCUT2D eigenvalue weighted by molar-refractivity contribution is -0.369. The second-order valence-corrected chi connectivity index (χ2v) is 16.9. The van der Waals surface area contributed by atoms with E-state index < -0.39 is 25.8 Å². The second kappa shape index (κ2) is 12.7. The van der Waals surface area contributed by atoms with Gasteiger partial charge in [0.25, 0.3) is 0 Å². The van der Waals surface area contributed by atoms with Crippen LogP contribution in [0.5, 0.6) is 23.3 Å². The van der Waals surface area contributed by atoms with E-state index in [9.17, 15) is 16.8 Å². The van der Waals surface area contributed by atoms with Gasteiger partial charge in [-0.2, -0.15) is 19.6 Å². The average molecular weight is 765 g/mol. The molecule has 0 bridgehead atoms. The van der Waals surface area contributed by atoms with Crippen LogP contribution in [-0.2, 0) is 19.7 Å². The summed E-state index contributed by atoms with van der Waals surface area (Å²) in [5.74, 6) is 0.224. The molecule has 1 unspecified atom stereocenters. The van der Waals surface area contributed by atoms with Crippen LogP contribution < -0.4 is 18.9 Å². The maximum Gasteiger partial charge on any atom is 0.613 e. The summed E-state index contributed by atoms with van der Waals surface area (Å²) in [5, 5.41) is 9.44. The molecule has 0 N–H and O–H groups in total. The van der Waals surface area contributed by atoms with Gasteiger partial charge in [-0.05, 0) is 80.4 Å². The summed E-state index contributed by atoms with van der Waals surface area (Å²) >= 11 is 0. The lowest BCUT2D eigenvalue weighted by Gasteiger charge is -2.32. The Bertz CT molecular complexity index is 2790. The van der Waals surface area contributed by atoms with E-state index >= 15 is 0 Å². The highest BCUT2D eigenvalue weighted by atomic mass is 32.2. The van der Waals surface area contributed by atoms with Crippen molar-refractivity contribution in [2.24, 2.45) is 9.98 Å². The molecule has 6 aromatic rings. The number of hydrogen-bond donors (Lipinski definition) is 0.